The van der Waals surface area contributed by atoms with Gasteiger partial charge in [-0.15, -0.1) is 0 Å². The first-order valence-electron chi connectivity index (χ1n) is 7.07. The summed E-state index contributed by atoms with van der Waals surface area (Å²) in [5, 5.41) is 0. The summed E-state index contributed by atoms with van der Waals surface area (Å²) in [6.07, 6.45) is 4.61. The van der Waals surface area contributed by atoms with E-state index >= 15 is 0 Å². The number of pyridine rings is 1. The maximum absolute atomic E-state index is 4.66. The summed E-state index contributed by atoms with van der Waals surface area (Å²) in [7, 11) is 0. The maximum atomic E-state index is 4.66. The molecule has 0 atom stereocenters. The molecular formula is C19H14N2. The first-order chi connectivity index (χ1) is 10.4. The Labute approximate surface area is 123 Å². The Morgan fingerprint density at radius 3 is 2.62 bits per heavy atom. The van der Waals surface area contributed by atoms with Crippen molar-refractivity contribution in [3.63, 3.8) is 0 Å². The summed E-state index contributed by atoms with van der Waals surface area (Å²) in [6, 6.07) is 20.7. The molecule has 0 N–H and O–H groups in total. The standard InChI is InChI=1S/C19H14N2/c1-2-9-17-14(6-1)12-15-7-5-10-18(19(15)17)21-13-16-8-3-4-11-20-16/h1-11,13H,12H2. The molecule has 1 aromatic heterocycles. The van der Waals surface area contributed by atoms with Gasteiger partial charge in [-0.1, -0.05) is 42.5 Å². The number of rotatable bonds is 2. The van der Waals surface area contributed by atoms with E-state index in [-0.39, 0.29) is 0 Å². The van der Waals surface area contributed by atoms with E-state index in [1.165, 1.54) is 22.3 Å². The molecule has 0 unspecified atom stereocenters. The Morgan fingerprint density at radius 1 is 0.857 bits per heavy atom. The summed E-state index contributed by atoms with van der Waals surface area (Å²) < 4.78 is 0. The van der Waals surface area contributed by atoms with Crippen LogP contribution in [0, 0.1) is 0 Å². The molecule has 3 aromatic rings. The average molecular weight is 270 g/mol. The fourth-order valence-corrected chi connectivity index (χ4v) is 2.86. The molecule has 100 valence electrons. The molecule has 0 aliphatic heterocycles. The van der Waals surface area contributed by atoms with Crippen LogP contribution in [0.15, 0.2) is 71.9 Å². The Hall–Kier alpha value is -2.74. The van der Waals surface area contributed by atoms with Gasteiger partial charge in [-0.05, 0) is 41.3 Å². The number of aliphatic imine (C=N–C) groups is 1. The van der Waals surface area contributed by atoms with Gasteiger partial charge in [-0.2, -0.15) is 0 Å². The first-order valence-corrected chi connectivity index (χ1v) is 7.07. The molecule has 2 heteroatoms. The maximum Gasteiger partial charge on any atom is 0.0812 e. The third kappa shape index (κ3) is 2.15. The van der Waals surface area contributed by atoms with Gasteiger partial charge in [0.15, 0.2) is 0 Å². The zero-order chi connectivity index (χ0) is 14.1. The highest BCUT2D eigenvalue weighted by Gasteiger charge is 2.20. The monoisotopic (exact) mass is 270 g/mol. The molecule has 0 amide bonds. The van der Waals surface area contributed by atoms with E-state index in [1.807, 2.05) is 24.4 Å². The molecule has 21 heavy (non-hydrogen) atoms. The van der Waals surface area contributed by atoms with E-state index in [0.717, 1.165) is 17.8 Å². The van der Waals surface area contributed by atoms with Gasteiger partial charge in [0.1, 0.15) is 0 Å². The van der Waals surface area contributed by atoms with Crippen LogP contribution >= 0.6 is 0 Å². The highest BCUT2D eigenvalue weighted by Crippen LogP contribution is 2.42. The number of hydrogen-bond donors (Lipinski definition) is 0. The van der Waals surface area contributed by atoms with E-state index in [9.17, 15) is 0 Å². The minimum Gasteiger partial charge on any atom is -0.255 e. The normalized spacial score (nSPS) is 12.4. The zero-order valence-corrected chi connectivity index (χ0v) is 11.5. The van der Waals surface area contributed by atoms with E-state index in [0.29, 0.717) is 0 Å². The topological polar surface area (TPSA) is 25.2 Å². The lowest BCUT2D eigenvalue weighted by Gasteiger charge is -2.05. The summed E-state index contributed by atoms with van der Waals surface area (Å²) in [6.45, 7) is 0. The second-order valence-corrected chi connectivity index (χ2v) is 5.16. The van der Waals surface area contributed by atoms with Crippen molar-refractivity contribution < 1.29 is 0 Å². The lowest BCUT2D eigenvalue weighted by molar-refractivity contribution is 1.26. The first kappa shape index (κ1) is 12.0. The number of benzene rings is 2. The van der Waals surface area contributed by atoms with Crippen LogP contribution in [0.1, 0.15) is 16.8 Å². The zero-order valence-electron chi connectivity index (χ0n) is 11.5. The van der Waals surface area contributed by atoms with Gasteiger partial charge in [0.05, 0.1) is 17.6 Å². The highest BCUT2D eigenvalue weighted by molar-refractivity contribution is 5.89. The van der Waals surface area contributed by atoms with Crippen molar-refractivity contribution >= 4 is 11.9 Å². The van der Waals surface area contributed by atoms with Gasteiger partial charge < -0.3 is 0 Å². The van der Waals surface area contributed by atoms with Crippen molar-refractivity contribution in [3.8, 4) is 11.1 Å². The summed E-state index contributed by atoms with van der Waals surface area (Å²) in [5.74, 6) is 0. The van der Waals surface area contributed by atoms with Crippen molar-refractivity contribution in [2.24, 2.45) is 4.99 Å². The third-order valence-electron chi connectivity index (χ3n) is 3.82. The van der Waals surface area contributed by atoms with Crippen molar-refractivity contribution in [3.05, 3.63) is 83.7 Å². The minimum atomic E-state index is 0.876. The second-order valence-electron chi connectivity index (χ2n) is 5.16. The smallest absolute Gasteiger partial charge is 0.0812 e. The fourth-order valence-electron chi connectivity index (χ4n) is 2.86. The van der Waals surface area contributed by atoms with Gasteiger partial charge in [0.25, 0.3) is 0 Å². The van der Waals surface area contributed by atoms with Gasteiger partial charge in [-0.25, -0.2) is 0 Å². The van der Waals surface area contributed by atoms with Crippen LogP contribution < -0.4 is 0 Å². The number of hydrogen-bond acceptors (Lipinski definition) is 2. The van der Waals surface area contributed by atoms with Gasteiger partial charge >= 0.3 is 0 Å². The van der Waals surface area contributed by atoms with Gasteiger partial charge in [0, 0.05) is 11.8 Å². The molecule has 0 radical (unpaired) electrons. The van der Waals surface area contributed by atoms with Crippen LogP contribution in [-0.2, 0) is 6.42 Å². The second kappa shape index (κ2) is 4.98. The summed E-state index contributed by atoms with van der Waals surface area (Å²) in [5.41, 5.74) is 7.20. The summed E-state index contributed by atoms with van der Waals surface area (Å²) >= 11 is 0. The van der Waals surface area contributed by atoms with Crippen LogP contribution in [0.2, 0.25) is 0 Å². The molecule has 0 bridgehead atoms. The predicted octanol–water partition coefficient (Wildman–Crippen LogP) is 4.40. The highest BCUT2D eigenvalue weighted by atomic mass is 14.8. The van der Waals surface area contributed by atoms with E-state index < -0.39 is 0 Å². The molecular weight excluding hydrogens is 256 g/mol. The SMILES string of the molecule is C(=Nc1cccc2c1-c1ccccc1C2)c1ccccn1. The minimum absolute atomic E-state index is 0.876. The largest absolute Gasteiger partial charge is 0.255 e. The van der Waals surface area contributed by atoms with Crippen LogP contribution in [0.3, 0.4) is 0 Å². The Kier molecular flexibility index (Phi) is 2.86. The number of nitrogens with zero attached hydrogens (tertiary/aromatic N) is 2. The van der Waals surface area contributed by atoms with Gasteiger partial charge in [-0.3, -0.25) is 9.98 Å². The van der Waals surface area contributed by atoms with Crippen molar-refractivity contribution in [1.82, 2.24) is 4.98 Å². The van der Waals surface area contributed by atoms with Crippen molar-refractivity contribution in [1.29, 1.82) is 0 Å². The quantitative estimate of drug-likeness (QED) is 0.495. The molecule has 1 aliphatic carbocycles. The predicted molar refractivity (Wildman–Crippen MR) is 86.2 cm³/mol. The molecule has 4 rings (SSSR count). The van der Waals surface area contributed by atoms with Crippen LogP contribution in [0.25, 0.3) is 11.1 Å². The van der Waals surface area contributed by atoms with E-state index in [4.69, 9.17) is 0 Å². The molecule has 0 spiro atoms. The molecule has 2 aromatic carbocycles. The van der Waals surface area contributed by atoms with E-state index in [2.05, 4.69) is 52.4 Å². The van der Waals surface area contributed by atoms with Crippen LogP contribution in [0.4, 0.5) is 5.69 Å². The average Bonchev–Trinajstić information content (AvgIpc) is 2.93. The Bertz CT molecular complexity index is 820. The Balaban J connectivity index is 1.80. The lowest BCUT2D eigenvalue weighted by atomic mass is 10.0. The Morgan fingerprint density at radius 2 is 1.71 bits per heavy atom. The fraction of sp³-hybridized carbons (Fsp3) is 0.0526. The molecule has 2 nitrogen and oxygen atoms in total. The molecule has 1 aliphatic rings. The van der Waals surface area contributed by atoms with E-state index in [1.54, 1.807) is 6.20 Å². The summed E-state index contributed by atoms with van der Waals surface area (Å²) in [4.78, 5) is 8.94. The molecule has 1 heterocycles. The molecule has 0 saturated carbocycles. The van der Waals surface area contributed by atoms with Crippen LogP contribution in [-0.4, -0.2) is 11.2 Å². The van der Waals surface area contributed by atoms with Crippen LogP contribution in [0.5, 0.6) is 0 Å². The lowest BCUT2D eigenvalue weighted by Crippen LogP contribution is -1.85. The number of aromatic nitrogens is 1. The van der Waals surface area contributed by atoms with Crippen molar-refractivity contribution in [2.75, 3.05) is 0 Å². The molecule has 0 fully saturated rings. The molecule has 0 saturated heterocycles. The van der Waals surface area contributed by atoms with Gasteiger partial charge in [0.2, 0.25) is 0 Å². The third-order valence-corrected chi connectivity index (χ3v) is 3.82. The van der Waals surface area contributed by atoms with Crippen molar-refractivity contribution in [2.45, 2.75) is 6.42 Å². The number of fused-ring (bicyclic) bond motifs is 3.